The average molecular weight is 239 g/mol. The zero-order chi connectivity index (χ0) is 12.0. The summed E-state index contributed by atoms with van der Waals surface area (Å²) < 4.78 is 2.39. The number of phenols is 1. The number of phenolic OH excluding ortho intramolecular Hbond substituents is 1. The van der Waals surface area contributed by atoms with Gasteiger partial charge in [-0.05, 0) is 48.6 Å². The van der Waals surface area contributed by atoms with Gasteiger partial charge in [0.05, 0.1) is 0 Å². The van der Waals surface area contributed by atoms with Crippen molar-refractivity contribution in [3.8, 4) is 5.75 Å². The Morgan fingerprint density at radius 2 is 1.88 bits per heavy atom. The third kappa shape index (κ3) is 4.06. The van der Waals surface area contributed by atoms with Crippen LogP contribution in [0.1, 0.15) is 27.2 Å². The first-order valence-electron chi connectivity index (χ1n) is 5.96. The van der Waals surface area contributed by atoms with Crippen LogP contribution in [-0.2, 0) is 0 Å². The summed E-state index contributed by atoms with van der Waals surface area (Å²) in [7, 11) is 0. The van der Waals surface area contributed by atoms with E-state index in [1.54, 1.807) is 24.1 Å². The Morgan fingerprint density at radius 1 is 1.25 bits per heavy atom. The average Bonchev–Trinajstić information content (AvgIpc) is 2.70. The maximum Gasteiger partial charge on any atom is 0.115 e. The van der Waals surface area contributed by atoms with Gasteiger partial charge >= 0.3 is 0 Å². The van der Waals surface area contributed by atoms with Crippen LogP contribution in [-0.4, -0.2) is 22.5 Å². The Balaban J connectivity index is 0.000000606. The Bertz CT molecular complexity index is 299. The van der Waals surface area contributed by atoms with E-state index >= 15 is 0 Å². The zero-order valence-corrected chi connectivity index (χ0v) is 11.1. The van der Waals surface area contributed by atoms with Crippen LogP contribution in [0.4, 0.5) is 0 Å². The van der Waals surface area contributed by atoms with Gasteiger partial charge in [-0.15, -0.1) is 0 Å². The van der Waals surface area contributed by atoms with Crippen LogP contribution in [0.3, 0.4) is 0 Å². The van der Waals surface area contributed by atoms with Gasteiger partial charge < -0.3 is 5.11 Å². The molecule has 1 aromatic carbocycles. The molecule has 0 bridgehead atoms. The SMILES string of the molecule is CC.C[C@@H]1CCN(Sc2ccc(O)cc2)C1. The third-order valence-electron chi connectivity index (χ3n) is 2.46. The molecule has 3 heteroatoms. The molecule has 0 unspecified atom stereocenters. The van der Waals surface area contributed by atoms with Gasteiger partial charge in [0.2, 0.25) is 0 Å². The first-order chi connectivity index (χ1) is 7.74. The van der Waals surface area contributed by atoms with E-state index in [0.29, 0.717) is 5.75 Å². The number of benzene rings is 1. The predicted molar refractivity (Wildman–Crippen MR) is 70.7 cm³/mol. The van der Waals surface area contributed by atoms with Crippen molar-refractivity contribution in [2.24, 2.45) is 5.92 Å². The first kappa shape index (κ1) is 13.4. The lowest BCUT2D eigenvalue weighted by Gasteiger charge is -2.13. The van der Waals surface area contributed by atoms with Gasteiger partial charge in [0.25, 0.3) is 0 Å². The van der Waals surface area contributed by atoms with Gasteiger partial charge in [0.15, 0.2) is 0 Å². The van der Waals surface area contributed by atoms with Crippen LogP contribution in [0, 0.1) is 5.92 Å². The van der Waals surface area contributed by atoms with Gasteiger partial charge in [-0.25, -0.2) is 4.31 Å². The van der Waals surface area contributed by atoms with E-state index in [1.807, 2.05) is 26.0 Å². The summed E-state index contributed by atoms with van der Waals surface area (Å²) >= 11 is 1.79. The fraction of sp³-hybridized carbons (Fsp3) is 0.538. The lowest BCUT2D eigenvalue weighted by molar-refractivity contribution is 0.475. The lowest BCUT2D eigenvalue weighted by atomic mass is 10.2. The summed E-state index contributed by atoms with van der Waals surface area (Å²) in [5.41, 5.74) is 0. The quantitative estimate of drug-likeness (QED) is 0.795. The number of nitrogens with zero attached hydrogens (tertiary/aromatic N) is 1. The molecule has 2 nitrogen and oxygen atoms in total. The number of aromatic hydroxyl groups is 1. The van der Waals surface area contributed by atoms with Crippen molar-refractivity contribution in [1.82, 2.24) is 4.31 Å². The van der Waals surface area contributed by atoms with E-state index in [1.165, 1.54) is 24.4 Å². The molecule has 1 aliphatic heterocycles. The second kappa shape index (κ2) is 6.81. The minimum absolute atomic E-state index is 0.337. The van der Waals surface area contributed by atoms with Gasteiger partial charge in [0.1, 0.15) is 5.75 Å². The van der Waals surface area contributed by atoms with E-state index < -0.39 is 0 Å². The molecule has 0 saturated carbocycles. The minimum Gasteiger partial charge on any atom is -0.508 e. The Hall–Kier alpha value is -0.670. The Labute approximate surface area is 103 Å². The molecule has 1 heterocycles. The van der Waals surface area contributed by atoms with Crippen molar-refractivity contribution in [2.45, 2.75) is 32.1 Å². The summed E-state index contributed by atoms with van der Waals surface area (Å²) in [5, 5.41) is 9.14. The first-order valence-corrected chi connectivity index (χ1v) is 6.73. The molecule has 0 aliphatic carbocycles. The standard InChI is InChI=1S/C11H15NOS.C2H6/c1-9-6-7-12(8-9)14-11-4-2-10(13)3-5-11;1-2/h2-5,9,13H,6-8H2,1H3;1-2H3/t9-;/m1./s1. The third-order valence-corrected chi connectivity index (χ3v) is 3.53. The number of rotatable bonds is 2. The summed E-state index contributed by atoms with van der Waals surface area (Å²) in [6.45, 7) is 8.63. The van der Waals surface area contributed by atoms with E-state index in [0.717, 1.165) is 5.92 Å². The van der Waals surface area contributed by atoms with Crippen molar-refractivity contribution in [3.05, 3.63) is 24.3 Å². The second-order valence-corrected chi connectivity index (χ2v) is 5.04. The van der Waals surface area contributed by atoms with Crippen LogP contribution < -0.4 is 0 Å². The largest absolute Gasteiger partial charge is 0.508 e. The topological polar surface area (TPSA) is 23.5 Å². The molecular weight excluding hydrogens is 218 g/mol. The molecular formula is C13H21NOS. The molecule has 1 N–H and O–H groups in total. The highest BCUT2D eigenvalue weighted by molar-refractivity contribution is 7.97. The van der Waals surface area contributed by atoms with Crippen molar-refractivity contribution in [2.75, 3.05) is 13.1 Å². The fourth-order valence-electron chi connectivity index (χ4n) is 1.63. The van der Waals surface area contributed by atoms with E-state index in [9.17, 15) is 0 Å². The summed E-state index contributed by atoms with van der Waals surface area (Å²) in [6.07, 6.45) is 1.30. The highest BCUT2D eigenvalue weighted by Gasteiger charge is 2.19. The molecule has 0 aromatic heterocycles. The monoisotopic (exact) mass is 239 g/mol. The van der Waals surface area contributed by atoms with Crippen LogP contribution in [0.2, 0.25) is 0 Å². The molecule has 1 atom stereocenters. The molecule has 1 aliphatic rings. The van der Waals surface area contributed by atoms with Crippen LogP contribution in [0.25, 0.3) is 0 Å². The minimum atomic E-state index is 0.337. The Kier molecular flexibility index (Phi) is 5.71. The van der Waals surface area contributed by atoms with Gasteiger partial charge in [0, 0.05) is 18.0 Å². The zero-order valence-electron chi connectivity index (χ0n) is 10.3. The number of hydrogen-bond donors (Lipinski definition) is 1. The molecule has 16 heavy (non-hydrogen) atoms. The molecule has 0 amide bonds. The van der Waals surface area contributed by atoms with Crippen LogP contribution >= 0.6 is 11.9 Å². The second-order valence-electron chi connectivity index (χ2n) is 3.87. The van der Waals surface area contributed by atoms with Gasteiger partial charge in [-0.1, -0.05) is 20.8 Å². The molecule has 1 saturated heterocycles. The van der Waals surface area contributed by atoms with Gasteiger partial charge in [-0.2, -0.15) is 0 Å². The summed E-state index contributed by atoms with van der Waals surface area (Å²) in [6, 6.07) is 7.40. The highest BCUT2D eigenvalue weighted by atomic mass is 32.2. The molecule has 0 radical (unpaired) electrons. The smallest absolute Gasteiger partial charge is 0.115 e. The van der Waals surface area contributed by atoms with Crippen LogP contribution in [0.15, 0.2) is 29.2 Å². The van der Waals surface area contributed by atoms with Crippen molar-refractivity contribution in [3.63, 3.8) is 0 Å². The maximum atomic E-state index is 9.14. The molecule has 1 aromatic rings. The van der Waals surface area contributed by atoms with E-state index in [-0.39, 0.29) is 0 Å². The molecule has 1 fully saturated rings. The van der Waals surface area contributed by atoms with Crippen molar-refractivity contribution in [1.29, 1.82) is 0 Å². The molecule has 0 spiro atoms. The molecule has 90 valence electrons. The van der Waals surface area contributed by atoms with E-state index in [4.69, 9.17) is 5.11 Å². The van der Waals surface area contributed by atoms with Crippen molar-refractivity contribution >= 4 is 11.9 Å². The number of hydrogen-bond acceptors (Lipinski definition) is 3. The van der Waals surface area contributed by atoms with Gasteiger partial charge in [-0.3, -0.25) is 0 Å². The normalized spacial score (nSPS) is 20.3. The fourth-order valence-corrected chi connectivity index (χ4v) is 2.72. The predicted octanol–water partition coefficient (Wildman–Crippen LogP) is 3.77. The van der Waals surface area contributed by atoms with Crippen LogP contribution in [0.5, 0.6) is 5.75 Å². The van der Waals surface area contributed by atoms with E-state index in [2.05, 4.69) is 11.2 Å². The Morgan fingerprint density at radius 3 is 2.38 bits per heavy atom. The highest BCUT2D eigenvalue weighted by Crippen LogP contribution is 2.29. The van der Waals surface area contributed by atoms with Crippen molar-refractivity contribution < 1.29 is 5.11 Å². The maximum absolute atomic E-state index is 9.14. The summed E-state index contributed by atoms with van der Waals surface area (Å²) in [4.78, 5) is 1.21. The summed E-state index contributed by atoms with van der Waals surface area (Å²) in [5.74, 6) is 1.16. The lowest BCUT2D eigenvalue weighted by Crippen LogP contribution is -2.10. The molecule has 2 rings (SSSR count).